The topological polar surface area (TPSA) is 89.3 Å². The van der Waals surface area contributed by atoms with Crippen LogP contribution >= 0.6 is 11.8 Å². The number of rotatable bonds is 6. The number of anilines is 1. The molecule has 0 saturated heterocycles. The summed E-state index contributed by atoms with van der Waals surface area (Å²) in [5.74, 6) is 0.797. The number of benzene rings is 1. The zero-order valence-corrected chi connectivity index (χ0v) is 12.5. The van der Waals surface area contributed by atoms with Gasteiger partial charge in [0.2, 0.25) is 0 Å². The van der Waals surface area contributed by atoms with Gasteiger partial charge < -0.3 is 5.32 Å². The highest BCUT2D eigenvalue weighted by Crippen LogP contribution is 2.28. The second-order valence-corrected chi connectivity index (χ2v) is 7.14. The molecule has 1 rings (SSSR count). The van der Waals surface area contributed by atoms with E-state index in [0.29, 0.717) is 5.69 Å². The Hall–Kier alpha value is -1.28. The molecule has 0 saturated carbocycles. The summed E-state index contributed by atoms with van der Waals surface area (Å²) in [5, 5.41) is 14.0. The summed E-state index contributed by atoms with van der Waals surface area (Å²) in [6.45, 7) is 1.91. The first-order chi connectivity index (χ1) is 8.75. The van der Waals surface area contributed by atoms with Crippen molar-refractivity contribution < 1.29 is 13.3 Å². The molecule has 0 radical (unpaired) electrons. The van der Waals surface area contributed by atoms with Crippen molar-refractivity contribution in [3.05, 3.63) is 28.3 Å². The monoisotopic (exact) mass is 304 g/mol. The number of nitrogens with one attached hydrogen (secondary N) is 1. The van der Waals surface area contributed by atoms with Gasteiger partial charge in [-0.25, -0.2) is 8.42 Å². The molecule has 0 heterocycles. The summed E-state index contributed by atoms with van der Waals surface area (Å²) < 4.78 is 22.8. The minimum absolute atomic E-state index is 0.0535. The highest BCUT2D eigenvalue weighted by Gasteiger charge is 2.19. The van der Waals surface area contributed by atoms with Gasteiger partial charge in [-0.05, 0) is 25.3 Å². The molecule has 106 valence electrons. The van der Waals surface area contributed by atoms with E-state index in [1.807, 2.05) is 13.2 Å². The van der Waals surface area contributed by atoms with Crippen LogP contribution in [0.2, 0.25) is 0 Å². The van der Waals surface area contributed by atoms with Gasteiger partial charge in [0.25, 0.3) is 5.69 Å². The van der Waals surface area contributed by atoms with Crippen LogP contribution in [0.5, 0.6) is 0 Å². The summed E-state index contributed by atoms with van der Waals surface area (Å²) in [5.41, 5.74) is 0.106. The normalized spacial score (nSPS) is 13.0. The number of nitro groups is 1. The van der Waals surface area contributed by atoms with Gasteiger partial charge in [-0.1, -0.05) is 0 Å². The summed E-state index contributed by atoms with van der Waals surface area (Å²) in [6, 6.07) is 3.95. The summed E-state index contributed by atoms with van der Waals surface area (Å²) in [4.78, 5) is 10.4. The van der Waals surface area contributed by atoms with Crippen molar-refractivity contribution in [3.63, 3.8) is 0 Å². The second-order valence-electron chi connectivity index (χ2n) is 4.21. The Kier molecular flexibility index (Phi) is 5.19. The third-order valence-electron chi connectivity index (χ3n) is 2.41. The van der Waals surface area contributed by atoms with E-state index in [-0.39, 0.29) is 16.6 Å². The molecule has 0 aliphatic carbocycles. The number of nitrogens with zero attached hydrogens (tertiary/aromatic N) is 1. The number of sulfone groups is 1. The average molecular weight is 304 g/mol. The SMILES string of the molecule is CSCC(C)Nc1ccc(S(C)(=O)=O)cc1[N+](=O)[O-]. The molecule has 1 aromatic rings. The maximum Gasteiger partial charge on any atom is 0.293 e. The van der Waals surface area contributed by atoms with Crippen LogP contribution in [0.1, 0.15) is 6.92 Å². The molecule has 1 unspecified atom stereocenters. The first-order valence-electron chi connectivity index (χ1n) is 5.49. The zero-order valence-electron chi connectivity index (χ0n) is 10.9. The van der Waals surface area contributed by atoms with Gasteiger partial charge in [-0.2, -0.15) is 11.8 Å². The maximum atomic E-state index is 11.4. The molecule has 8 heteroatoms. The first-order valence-corrected chi connectivity index (χ1v) is 8.78. The minimum atomic E-state index is -3.45. The number of hydrogen-bond donors (Lipinski definition) is 1. The Morgan fingerprint density at radius 2 is 2.11 bits per heavy atom. The van der Waals surface area contributed by atoms with Gasteiger partial charge in [-0.3, -0.25) is 10.1 Å². The van der Waals surface area contributed by atoms with E-state index in [9.17, 15) is 18.5 Å². The largest absolute Gasteiger partial charge is 0.376 e. The van der Waals surface area contributed by atoms with E-state index >= 15 is 0 Å². The van der Waals surface area contributed by atoms with Crippen LogP contribution in [0.3, 0.4) is 0 Å². The van der Waals surface area contributed by atoms with Crippen molar-refractivity contribution in [3.8, 4) is 0 Å². The molecule has 0 amide bonds. The number of hydrogen-bond acceptors (Lipinski definition) is 6. The van der Waals surface area contributed by atoms with Crippen LogP contribution in [0.15, 0.2) is 23.1 Å². The quantitative estimate of drug-likeness (QED) is 0.640. The predicted octanol–water partition coefficient (Wildman–Crippen LogP) is 2.16. The maximum absolute atomic E-state index is 11.4. The summed E-state index contributed by atoms with van der Waals surface area (Å²) in [7, 11) is -3.45. The zero-order chi connectivity index (χ0) is 14.6. The third kappa shape index (κ3) is 4.39. The molecule has 0 aliphatic rings. The van der Waals surface area contributed by atoms with Gasteiger partial charge in [0, 0.05) is 24.1 Å². The lowest BCUT2D eigenvalue weighted by Crippen LogP contribution is -2.18. The van der Waals surface area contributed by atoms with Gasteiger partial charge >= 0.3 is 0 Å². The molecule has 1 N–H and O–H groups in total. The molecule has 0 fully saturated rings. The van der Waals surface area contributed by atoms with E-state index in [2.05, 4.69) is 5.32 Å². The van der Waals surface area contributed by atoms with Crippen molar-refractivity contribution in [2.45, 2.75) is 17.9 Å². The molecular formula is C11H16N2O4S2. The van der Waals surface area contributed by atoms with Crippen molar-refractivity contribution in [1.82, 2.24) is 0 Å². The third-order valence-corrected chi connectivity index (χ3v) is 4.36. The van der Waals surface area contributed by atoms with E-state index < -0.39 is 14.8 Å². The molecule has 0 aliphatic heterocycles. The fraction of sp³-hybridized carbons (Fsp3) is 0.455. The van der Waals surface area contributed by atoms with Gasteiger partial charge in [0.05, 0.1) is 9.82 Å². The Labute approximate surface area is 116 Å². The Bertz CT molecular complexity index is 572. The van der Waals surface area contributed by atoms with Crippen LogP contribution in [0.25, 0.3) is 0 Å². The van der Waals surface area contributed by atoms with Gasteiger partial charge in [0.1, 0.15) is 5.69 Å². The minimum Gasteiger partial charge on any atom is -0.376 e. The molecule has 1 aromatic carbocycles. The number of nitro benzene ring substituents is 1. The fourth-order valence-corrected chi connectivity index (χ4v) is 2.80. The Morgan fingerprint density at radius 1 is 1.47 bits per heavy atom. The molecule has 6 nitrogen and oxygen atoms in total. The highest BCUT2D eigenvalue weighted by atomic mass is 32.2. The second kappa shape index (κ2) is 6.25. The molecular weight excluding hydrogens is 288 g/mol. The summed E-state index contributed by atoms with van der Waals surface area (Å²) >= 11 is 1.62. The molecule has 0 bridgehead atoms. The lowest BCUT2D eigenvalue weighted by atomic mass is 10.2. The standard InChI is InChI=1S/C11H16N2O4S2/c1-8(7-18-2)12-10-5-4-9(19(3,16)17)6-11(10)13(14)15/h4-6,8,12H,7H2,1-3H3. The van der Waals surface area contributed by atoms with Crippen LogP contribution in [-0.2, 0) is 9.84 Å². The molecule has 0 spiro atoms. The van der Waals surface area contributed by atoms with Crippen LogP contribution in [0.4, 0.5) is 11.4 Å². The van der Waals surface area contributed by atoms with Crippen molar-refractivity contribution in [1.29, 1.82) is 0 Å². The van der Waals surface area contributed by atoms with E-state index in [1.165, 1.54) is 12.1 Å². The van der Waals surface area contributed by atoms with Gasteiger partial charge in [0.15, 0.2) is 9.84 Å². The molecule has 1 atom stereocenters. The average Bonchev–Trinajstić information content (AvgIpc) is 2.27. The number of thioether (sulfide) groups is 1. The van der Waals surface area contributed by atoms with Crippen molar-refractivity contribution in [2.24, 2.45) is 0 Å². The van der Waals surface area contributed by atoms with Crippen molar-refractivity contribution in [2.75, 3.05) is 23.6 Å². The fourth-order valence-electron chi connectivity index (χ4n) is 1.57. The Balaban J connectivity index is 3.16. The highest BCUT2D eigenvalue weighted by molar-refractivity contribution is 7.98. The van der Waals surface area contributed by atoms with E-state index in [1.54, 1.807) is 11.8 Å². The predicted molar refractivity (Wildman–Crippen MR) is 77.7 cm³/mol. The van der Waals surface area contributed by atoms with Crippen molar-refractivity contribution >= 4 is 33.0 Å². The smallest absolute Gasteiger partial charge is 0.293 e. The van der Waals surface area contributed by atoms with Gasteiger partial charge in [-0.15, -0.1) is 0 Å². The lowest BCUT2D eigenvalue weighted by molar-refractivity contribution is -0.384. The molecule has 19 heavy (non-hydrogen) atoms. The van der Waals surface area contributed by atoms with E-state index in [0.717, 1.165) is 18.1 Å². The first kappa shape index (κ1) is 15.8. The lowest BCUT2D eigenvalue weighted by Gasteiger charge is -2.14. The summed E-state index contributed by atoms with van der Waals surface area (Å²) in [6.07, 6.45) is 2.97. The molecule has 0 aromatic heterocycles. The van der Waals surface area contributed by atoms with Crippen LogP contribution < -0.4 is 5.32 Å². The van der Waals surface area contributed by atoms with E-state index in [4.69, 9.17) is 0 Å². The van der Waals surface area contributed by atoms with Crippen LogP contribution in [-0.4, -0.2) is 37.6 Å². The Morgan fingerprint density at radius 3 is 2.58 bits per heavy atom. The van der Waals surface area contributed by atoms with Crippen LogP contribution in [0, 0.1) is 10.1 Å².